The van der Waals surface area contributed by atoms with Crippen LogP contribution in [0.1, 0.15) is 89.9 Å². The van der Waals surface area contributed by atoms with Crippen LogP contribution in [0.4, 0.5) is 0 Å². The molecule has 0 aromatic carbocycles. The molecule has 186 valence electrons. The van der Waals surface area contributed by atoms with E-state index in [4.69, 9.17) is 28.1 Å². The molecule has 4 rings (SSSR count). The van der Waals surface area contributed by atoms with Crippen LogP contribution < -0.4 is 0 Å². The third kappa shape index (κ3) is 63.1. The van der Waals surface area contributed by atoms with Crippen LogP contribution in [0.5, 0.6) is 0 Å². The number of hydrogen-bond acceptors (Lipinski definition) is 2. The molecule has 4 fully saturated rings. The second-order valence-electron chi connectivity index (χ2n) is 6.17. The Morgan fingerprint density at radius 2 is 0.469 bits per heavy atom. The van der Waals surface area contributed by atoms with E-state index >= 15 is 0 Å². The van der Waals surface area contributed by atoms with Gasteiger partial charge in [-0.1, -0.05) is 64.2 Å². The zero-order valence-electron chi connectivity index (χ0n) is 20.0. The first-order chi connectivity index (χ1) is 14.0. The van der Waals surface area contributed by atoms with Gasteiger partial charge in [-0.25, -0.2) is 0 Å². The van der Waals surface area contributed by atoms with Crippen LogP contribution >= 0.6 is 0 Å². The maximum absolute atomic E-state index is 7.50. The zero-order valence-corrected chi connectivity index (χ0v) is 22.6. The van der Waals surface area contributed by atoms with Crippen LogP contribution in [0.25, 0.3) is 0 Å². The molecular formula is C24H42CoO6Ti+. The summed E-state index contributed by atoms with van der Waals surface area (Å²) in [4.78, 5) is 0. The SMILES string of the molecule is C1CCCC1.C1CCCC1.C1CCOC1.C1CCOC1.[C-]#[O+].[C-]#[O+].[C-]#[O+].[C-]#[O+].[CH3-].[CH3-].[Co].[Ti+3]. The Balaban J connectivity index is -0.0000000350. The van der Waals surface area contributed by atoms with E-state index in [9.17, 15) is 0 Å². The third-order valence-electron chi connectivity index (χ3n) is 4.15. The second kappa shape index (κ2) is 69.7. The topological polar surface area (TPSA) is 98.1 Å². The molecule has 2 saturated heterocycles. The fourth-order valence-electron chi connectivity index (χ4n) is 2.79. The van der Waals surface area contributed by atoms with Gasteiger partial charge in [-0.05, 0) is 25.7 Å². The predicted molar refractivity (Wildman–Crippen MR) is 115 cm³/mol. The van der Waals surface area contributed by atoms with Crippen molar-refractivity contribution in [3.8, 4) is 0 Å². The Kier molecular flexibility index (Phi) is 117. The average molecular weight is 533 g/mol. The summed E-state index contributed by atoms with van der Waals surface area (Å²) in [6.45, 7) is 22.0. The maximum atomic E-state index is 7.50. The van der Waals surface area contributed by atoms with Crippen LogP contribution in [-0.2, 0) is 66.6 Å². The van der Waals surface area contributed by atoms with Crippen molar-refractivity contribution >= 4 is 0 Å². The molecular weight excluding hydrogens is 491 g/mol. The maximum Gasteiger partial charge on any atom is 3.00 e. The second-order valence-corrected chi connectivity index (χ2v) is 6.17. The molecule has 2 aliphatic heterocycles. The molecule has 2 aliphatic carbocycles. The van der Waals surface area contributed by atoms with Crippen molar-refractivity contribution in [1.29, 1.82) is 0 Å². The molecule has 2 heterocycles. The molecule has 32 heavy (non-hydrogen) atoms. The van der Waals surface area contributed by atoms with Gasteiger partial charge in [0.05, 0.1) is 0 Å². The van der Waals surface area contributed by atoms with Gasteiger partial charge in [0.25, 0.3) is 0 Å². The molecule has 0 bridgehead atoms. The van der Waals surface area contributed by atoms with E-state index in [0.717, 1.165) is 26.4 Å². The summed E-state index contributed by atoms with van der Waals surface area (Å²) in [6, 6.07) is 0. The molecule has 2 saturated carbocycles. The van der Waals surface area contributed by atoms with Gasteiger partial charge >= 0.3 is 66.9 Å². The monoisotopic (exact) mass is 533 g/mol. The minimum absolute atomic E-state index is 0. The van der Waals surface area contributed by atoms with Gasteiger partial charge in [-0.3, -0.25) is 0 Å². The van der Waals surface area contributed by atoms with E-state index < -0.39 is 0 Å². The molecule has 0 spiro atoms. The van der Waals surface area contributed by atoms with Gasteiger partial charge in [0.1, 0.15) is 0 Å². The molecule has 4 aliphatic rings. The van der Waals surface area contributed by atoms with Crippen molar-refractivity contribution in [3.05, 3.63) is 41.5 Å². The minimum atomic E-state index is 0. The quantitative estimate of drug-likeness (QED) is 0.209. The Labute approximate surface area is 223 Å². The molecule has 6 nitrogen and oxygen atoms in total. The van der Waals surface area contributed by atoms with Crippen LogP contribution in [0.2, 0.25) is 0 Å². The summed E-state index contributed by atoms with van der Waals surface area (Å²) in [5.41, 5.74) is 0. The Bertz CT molecular complexity index is 225. The number of rotatable bonds is 0. The molecule has 8 heteroatoms. The summed E-state index contributed by atoms with van der Waals surface area (Å²) in [7, 11) is 0. The number of hydrogen-bond donors (Lipinski definition) is 0. The molecule has 0 N–H and O–H groups in total. The van der Waals surface area contributed by atoms with Crippen molar-refractivity contribution < 1.29 is 66.6 Å². The van der Waals surface area contributed by atoms with E-state index in [1.54, 1.807) is 0 Å². The number of ether oxygens (including phenoxy) is 2. The van der Waals surface area contributed by atoms with Crippen molar-refractivity contribution in [2.45, 2.75) is 89.9 Å². The van der Waals surface area contributed by atoms with E-state index in [1.165, 1.54) is 89.9 Å². The molecule has 0 aromatic heterocycles. The fraction of sp³-hybridized carbons (Fsp3) is 0.750. The minimum Gasteiger partial charge on any atom is -0.358 e. The summed E-state index contributed by atoms with van der Waals surface area (Å²) < 4.78 is 39.9. The van der Waals surface area contributed by atoms with Gasteiger partial charge in [0.2, 0.25) is 0 Å². The molecule has 2 radical (unpaired) electrons. The van der Waals surface area contributed by atoms with Gasteiger partial charge in [0, 0.05) is 43.2 Å². The Morgan fingerprint density at radius 3 is 0.531 bits per heavy atom. The summed E-state index contributed by atoms with van der Waals surface area (Å²) in [5, 5.41) is 0. The predicted octanol–water partition coefficient (Wildman–Crippen LogP) is 6.24. The normalized spacial score (nSPS) is 15.2. The molecule has 0 unspecified atom stereocenters. The van der Waals surface area contributed by atoms with E-state index in [1.807, 2.05) is 0 Å². The van der Waals surface area contributed by atoms with Gasteiger partial charge < -0.3 is 24.3 Å². The van der Waals surface area contributed by atoms with Gasteiger partial charge in [-0.15, -0.1) is 0 Å². The first-order valence-corrected chi connectivity index (χ1v) is 9.97. The van der Waals surface area contributed by atoms with Crippen LogP contribution in [0.15, 0.2) is 0 Å². The van der Waals surface area contributed by atoms with Crippen molar-refractivity contribution in [2.24, 2.45) is 0 Å². The fourth-order valence-corrected chi connectivity index (χ4v) is 2.79. The molecule has 0 aromatic rings. The third-order valence-corrected chi connectivity index (χ3v) is 4.15. The molecule has 0 amide bonds. The van der Waals surface area contributed by atoms with E-state index in [-0.39, 0.29) is 53.3 Å². The van der Waals surface area contributed by atoms with E-state index in [2.05, 4.69) is 26.6 Å². The van der Waals surface area contributed by atoms with Crippen LogP contribution in [0.3, 0.4) is 0 Å². The smallest absolute Gasteiger partial charge is 0.358 e. The van der Waals surface area contributed by atoms with Crippen molar-refractivity contribution in [1.82, 2.24) is 0 Å². The van der Waals surface area contributed by atoms with Crippen molar-refractivity contribution in [3.63, 3.8) is 0 Å². The van der Waals surface area contributed by atoms with Crippen molar-refractivity contribution in [2.75, 3.05) is 26.4 Å². The summed E-state index contributed by atoms with van der Waals surface area (Å²) in [5.74, 6) is 0. The molecule has 0 atom stereocenters. The first-order valence-electron chi connectivity index (χ1n) is 9.97. The van der Waals surface area contributed by atoms with Gasteiger partial charge in [0.15, 0.2) is 0 Å². The van der Waals surface area contributed by atoms with Crippen LogP contribution in [-0.4, -0.2) is 26.4 Å². The summed E-state index contributed by atoms with van der Waals surface area (Å²) in [6.07, 6.45) is 20.1. The standard InChI is InChI=1S/2C5H10.2C4H8O.4CO.2CH3.Co.Ti/c4*1-2-4-5-3-1;4*1-2;;;;/h2*1-5H2;2*1-4H2;;;;;2*1H3;;/q;;;;;;;;2*-1;;+3. The van der Waals surface area contributed by atoms with Gasteiger partial charge in [-0.2, -0.15) is 0 Å². The zero-order chi connectivity index (χ0) is 22.1. The van der Waals surface area contributed by atoms with Crippen LogP contribution in [0, 0.1) is 41.5 Å². The Morgan fingerprint density at radius 1 is 0.344 bits per heavy atom. The first kappa shape index (κ1) is 53.5. The summed E-state index contributed by atoms with van der Waals surface area (Å²) >= 11 is 0. The average Bonchev–Trinajstić information content (AvgIpc) is 3.66. The van der Waals surface area contributed by atoms with E-state index in [0.29, 0.717) is 0 Å². The largest absolute Gasteiger partial charge is 3.00 e. The Hall–Kier alpha value is 0.101.